The second-order valence-corrected chi connectivity index (χ2v) is 2.46. The highest BCUT2D eigenvalue weighted by Gasteiger charge is 1.89. The molecule has 1 aliphatic carbocycles. The van der Waals surface area contributed by atoms with Gasteiger partial charge in [0.1, 0.15) is 0 Å². The second-order valence-electron chi connectivity index (χ2n) is 2.46. The predicted molar refractivity (Wildman–Crippen MR) is 43.6 cm³/mol. The van der Waals surface area contributed by atoms with E-state index in [-0.39, 0.29) is 7.43 Å². The van der Waals surface area contributed by atoms with Crippen molar-refractivity contribution in [2.75, 3.05) is 0 Å². The number of rotatable bonds is 0. The van der Waals surface area contributed by atoms with Crippen molar-refractivity contribution in [1.29, 1.82) is 0 Å². The summed E-state index contributed by atoms with van der Waals surface area (Å²) in [5, 5.41) is 0. The summed E-state index contributed by atoms with van der Waals surface area (Å²) in [6.45, 7) is 0. The van der Waals surface area contributed by atoms with Crippen LogP contribution in [0.4, 0.5) is 0 Å². The molecule has 0 aromatic rings. The van der Waals surface area contributed by atoms with Gasteiger partial charge in [0, 0.05) is 0 Å². The lowest BCUT2D eigenvalue weighted by Crippen LogP contribution is -1.80. The molecule has 1 aliphatic rings. The summed E-state index contributed by atoms with van der Waals surface area (Å²) in [4.78, 5) is 0. The quantitative estimate of drug-likeness (QED) is 0.435. The summed E-state index contributed by atoms with van der Waals surface area (Å²) >= 11 is 0. The average molecular weight is 126 g/mol. The third-order valence-corrected chi connectivity index (χ3v) is 1.66. The SMILES string of the molecule is C.C1=C/CCCCCC/1. The van der Waals surface area contributed by atoms with E-state index in [1.54, 1.807) is 0 Å². The Hall–Kier alpha value is -0.260. The molecule has 9 heavy (non-hydrogen) atoms. The van der Waals surface area contributed by atoms with Crippen molar-refractivity contribution in [3.05, 3.63) is 12.2 Å². The summed E-state index contributed by atoms with van der Waals surface area (Å²) in [5.41, 5.74) is 0. The lowest BCUT2D eigenvalue weighted by molar-refractivity contribution is 0.638. The van der Waals surface area contributed by atoms with Crippen molar-refractivity contribution in [2.45, 2.75) is 46.0 Å². The maximum atomic E-state index is 2.32. The monoisotopic (exact) mass is 126 g/mol. The Morgan fingerprint density at radius 2 is 1.11 bits per heavy atom. The Morgan fingerprint density at radius 3 is 1.56 bits per heavy atom. The molecule has 0 spiro atoms. The zero-order valence-corrected chi connectivity index (χ0v) is 5.40. The van der Waals surface area contributed by atoms with E-state index in [4.69, 9.17) is 0 Å². The van der Waals surface area contributed by atoms with Crippen LogP contribution in [0.25, 0.3) is 0 Å². The van der Waals surface area contributed by atoms with Crippen molar-refractivity contribution in [3.8, 4) is 0 Å². The van der Waals surface area contributed by atoms with Gasteiger partial charge in [-0.15, -0.1) is 0 Å². The molecule has 0 fully saturated rings. The molecule has 0 atom stereocenters. The zero-order chi connectivity index (χ0) is 5.66. The van der Waals surface area contributed by atoms with Gasteiger partial charge in [-0.2, -0.15) is 0 Å². The zero-order valence-electron chi connectivity index (χ0n) is 5.40. The molecule has 0 aliphatic heterocycles. The first-order chi connectivity index (χ1) is 4.00. The minimum Gasteiger partial charge on any atom is -0.0885 e. The van der Waals surface area contributed by atoms with Crippen LogP contribution < -0.4 is 0 Å². The highest BCUT2D eigenvalue weighted by molar-refractivity contribution is 4.82. The molecule has 0 aromatic carbocycles. The van der Waals surface area contributed by atoms with E-state index in [1.165, 1.54) is 38.5 Å². The fourth-order valence-corrected chi connectivity index (χ4v) is 1.11. The molecule has 0 saturated heterocycles. The van der Waals surface area contributed by atoms with E-state index in [0.717, 1.165) is 0 Å². The van der Waals surface area contributed by atoms with Gasteiger partial charge in [-0.3, -0.25) is 0 Å². The lowest BCUT2D eigenvalue weighted by atomic mass is 10.1. The first-order valence-electron chi connectivity index (χ1n) is 3.65. The van der Waals surface area contributed by atoms with Crippen LogP contribution in [0.1, 0.15) is 46.0 Å². The van der Waals surface area contributed by atoms with Gasteiger partial charge in [0.2, 0.25) is 0 Å². The van der Waals surface area contributed by atoms with Crippen LogP contribution in [0.5, 0.6) is 0 Å². The molecule has 0 N–H and O–H groups in total. The van der Waals surface area contributed by atoms with Crippen molar-refractivity contribution in [1.82, 2.24) is 0 Å². The molecule has 54 valence electrons. The molecular formula is C9H18. The Bertz CT molecular complexity index is 62.1. The van der Waals surface area contributed by atoms with E-state index in [0.29, 0.717) is 0 Å². The molecular weight excluding hydrogens is 108 g/mol. The van der Waals surface area contributed by atoms with Gasteiger partial charge in [-0.25, -0.2) is 0 Å². The summed E-state index contributed by atoms with van der Waals surface area (Å²) in [5.74, 6) is 0. The maximum absolute atomic E-state index is 2.32. The van der Waals surface area contributed by atoms with Crippen LogP contribution in [0.3, 0.4) is 0 Å². The normalized spacial score (nSPS) is 23.1. The van der Waals surface area contributed by atoms with E-state index in [2.05, 4.69) is 12.2 Å². The predicted octanol–water partition coefficient (Wildman–Crippen LogP) is 3.53. The van der Waals surface area contributed by atoms with Gasteiger partial charge in [-0.1, -0.05) is 32.4 Å². The van der Waals surface area contributed by atoms with Gasteiger partial charge < -0.3 is 0 Å². The van der Waals surface area contributed by atoms with E-state index in [9.17, 15) is 0 Å². The summed E-state index contributed by atoms with van der Waals surface area (Å²) < 4.78 is 0. The highest BCUT2D eigenvalue weighted by Crippen LogP contribution is 2.09. The molecule has 0 aromatic heterocycles. The molecule has 0 radical (unpaired) electrons. The summed E-state index contributed by atoms with van der Waals surface area (Å²) in [7, 11) is 0. The second kappa shape index (κ2) is 5.87. The Labute approximate surface area is 59.0 Å². The van der Waals surface area contributed by atoms with Crippen molar-refractivity contribution in [3.63, 3.8) is 0 Å². The third-order valence-electron chi connectivity index (χ3n) is 1.66. The van der Waals surface area contributed by atoms with E-state index >= 15 is 0 Å². The van der Waals surface area contributed by atoms with Crippen LogP contribution in [0.15, 0.2) is 12.2 Å². The Balaban J connectivity index is 0.000000640. The van der Waals surface area contributed by atoms with Gasteiger partial charge in [0.15, 0.2) is 0 Å². The lowest BCUT2D eigenvalue weighted by Gasteiger charge is -2.00. The molecule has 0 unspecified atom stereocenters. The summed E-state index contributed by atoms with van der Waals surface area (Å²) in [6.07, 6.45) is 13.0. The Kier molecular flexibility index (Phi) is 5.70. The van der Waals surface area contributed by atoms with Gasteiger partial charge in [0.25, 0.3) is 0 Å². The van der Waals surface area contributed by atoms with Crippen LogP contribution >= 0.6 is 0 Å². The number of allylic oxidation sites excluding steroid dienone is 2. The minimum absolute atomic E-state index is 0. The number of hydrogen-bond acceptors (Lipinski definition) is 0. The van der Waals surface area contributed by atoms with Gasteiger partial charge in [0.05, 0.1) is 0 Å². The van der Waals surface area contributed by atoms with Gasteiger partial charge in [-0.05, 0) is 25.7 Å². The molecule has 0 nitrogen and oxygen atoms in total. The molecule has 1 rings (SSSR count). The first kappa shape index (κ1) is 8.74. The van der Waals surface area contributed by atoms with Crippen molar-refractivity contribution in [2.24, 2.45) is 0 Å². The molecule has 0 heteroatoms. The van der Waals surface area contributed by atoms with Crippen LogP contribution in [-0.4, -0.2) is 0 Å². The maximum Gasteiger partial charge on any atom is -0.0351 e. The largest absolute Gasteiger partial charge is 0.0885 e. The number of hydrogen-bond donors (Lipinski definition) is 0. The van der Waals surface area contributed by atoms with E-state index < -0.39 is 0 Å². The van der Waals surface area contributed by atoms with Crippen molar-refractivity contribution >= 4 is 0 Å². The molecule has 0 saturated carbocycles. The van der Waals surface area contributed by atoms with Crippen molar-refractivity contribution < 1.29 is 0 Å². The van der Waals surface area contributed by atoms with Crippen LogP contribution in [0.2, 0.25) is 0 Å². The minimum atomic E-state index is 0. The Morgan fingerprint density at radius 1 is 0.667 bits per heavy atom. The highest BCUT2D eigenvalue weighted by atomic mass is 14.0. The van der Waals surface area contributed by atoms with Gasteiger partial charge >= 0.3 is 0 Å². The topological polar surface area (TPSA) is 0 Å². The fourth-order valence-electron chi connectivity index (χ4n) is 1.11. The van der Waals surface area contributed by atoms with Crippen LogP contribution in [0, 0.1) is 0 Å². The molecule has 0 bridgehead atoms. The first-order valence-corrected chi connectivity index (χ1v) is 3.65. The van der Waals surface area contributed by atoms with Crippen LogP contribution in [-0.2, 0) is 0 Å². The average Bonchev–Trinajstić information content (AvgIpc) is 1.62. The smallest absolute Gasteiger partial charge is 0.0351 e. The third kappa shape index (κ3) is 4.26. The fraction of sp³-hybridized carbons (Fsp3) is 0.778. The molecule has 0 heterocycles. The van der Waals surface area contributed by atoms with E-state index in [1.807, 2.05) is 0 Å². The summed E-state index contributed by atoms with van der Waals surface area (Å²) in [6, 6.07) is 0. The standard InChI is InChI=1S/C8H14.CH4/c1-2-4-6-8-7-5-3-1;/h1-2H,3-8H2;1H4/b2-1+;. The molecule has 0 amide bonds.